The van der Waals surface area contributed by atoms with Crippen molar-refractivity contribution >= 4 is 17.3 Å². The molecule has 0 unspecified atom stereocenters. The van der Waals surface area contributed by atoms with Crippen molar-refractivity contribution < 1.29 is 9.47 Å². The second kappa shape index (κ2) is 5.05. The average molecular weight is 267 g/mol. The molecule has 0 aliphatic heterocycles. The van der Waals surface area contributed by atoms with E-state index in [4.69, 9.17) is 26.8 Å². The molecule has 2 rings (SSSR count). The van der Waals surface area contributed by atoms with Crippen molar-refractivity contribution in [2.24, 2.45) is 0 Å². The maximum atomic E-state index is 5.72. The summed E-state index contributed by atoms with van der Waals surface area (Å²) in [7, 11) is 1.43. The van der Waals surface area contributed by atoms with Gasteiger partial charge in [-0.15, -0.1) is 4.98 Å². The lowest BCUT2D eigenvalue weighted by molar-refractivity contribution is 0.358. The van der Waals surface area contributed by atoms with E-state index in [2.05, 4.69) is 15.0 Å². The van der Waals surface area contributed by atoms with Gasteiger partial charge in [-0.25, -0.2) is 0 Å². The van der Waals surface area contributed by atoms with Gasteiger partial charge in [-0.05, 0) is 42.3 Å². The SMILES string of the molecule is COc1nc(Cl)nc(Oc2ccc(N)cc2C)n1. The molecule has 0 bridgehead atoms. The number of nitrogen functional groups attached to an aromatic ring is 1. The lowest BCUT2D eigenvalue weighted by Crippen LogP contribution is -1.99. The van der Waals surface area contributed by atoms with Gasteiger partial charge in [0, 0.05) is 5.69 Å². The number of aryl methyl sites for hydroxylation is 1. The molecule has 7 heteroatoms. The second-order valence-electron chi connectivity index (χ2n) is 3.50. The summed E-state index contributed by atoms with van der Waals surface area (Å²) in [4.78, 5) is 11.5. The number of benzene rings is 1. The van der Waals surface area contributed by atoms with E-state index in [0.717, 1.165) is 5.56 Å². The van der Waals surface area contributed by atoms with Crippen LogP contribution in [0.3, 0.4) is 0 Å². The maximum absolute atomic E-state index is 5.72. The minimum Gasteiger partial charge on any atom is -0.467 e. The molecule has 0 saturated heterocycles. The Morgan fingerprint density at radius 3 is 2.56 bits per heavy atom. The smallest absolute Gasteiger partial charge is 0.329 e. The Hall–Kier alpha value is -2.08. The number of methoxy groups -OCH3 is 1. The second-order valence-corrected chi connectivity index (χ2v) is 3.84. The molecule has 2 N–H and O–H groups in total. The van der Waals surface area contributed by atoms with Crippen LogP contribution < -0.4 is 15.2 Å². The molecule has 2 aromatic rings. The topological polar surface area (TPSA) is 83.2 Å². The molecule has 0 radical (unpaired) electrons. The Labute approximate surface area is 109 Å². The number of anilines is 1. The van der Waals surface area contributed by atoms with E-state index in [0.29, 0.717) is 11.4 Å². The van der Waals surface area contributed by atoms with Gasteiger partial charge in [0.05, 0.1) is 7.11 Å². The molecule has 0 aliphatic rings. The summed E-state index contributed by atoms with van der Waals surface area (Å²) in [5.74, 6) is 0.591. The molecule has 0 saturated carbocycles. The van der Waals surface area contributed by atoms with Crippen LogP contribution in [0.2, 0.25) is 5.28 Å². The Bertz CT molecular complexity index is 577. The molecule has 18 heavy (non-hydrogen) atoms. The van der Waals surface area contributed by atoms with E-state index in [1.165, 1.54) is 7.11 Å². The number of hydrogen-bond acceptors (Lipinski definition) is 6. The molecular formula is C11H11ClN4O2. The zero-order chi connectivity index (χ0) is 13.1. The first kappa shape index (κ1) is 12.4. The van der Waals surface area contributed by atoms with E-state index in [1.54, 1.807) is 18.2 Å². The summed E-state index contributed by atoms with van der Waals surface area (Å²) in [5, 5.41) is 0.00458. The van der Waals surface area contributed by atoms with Crippen molar-refractivity contribution in [2.45, 2.75) is 6.92 Å². The minimum absolute atomic E-state index is 0.00458. The van der Waals surface area contributed by atoms with Gasteiger partial charge in [-0.2, -0.15) is 9.97 Å². The first-order valence-electron chi connectivity index (χ1n) is 5.08. The summed E-state index contributed by atoms with van der Waals surface area (Å²) in [6, 6.07) is 5.41. The molecule has 6 nitrogen and oxygen atoms in total. The molecule has 94 valence electrons. The van der Waals surface area contributed by atoms with Crippen LogP contribution in [0.25, 0.3) is 0 Å². The Balaban J connectivity index is 2.30. The van der Waals surface area contributed by atoms with Crippen molar-refractivity contribution in [3.05, 3.63) is 29.0 Å². The van der Waals surface area contributed by atoms with E-state index in [9.17, 15) is 0 Å². The Morgan fingerprint density at radius 2 is 1.89 bits per heavy atom. The minimum atomic E-state index is 0.00458. The van der Waals surface area contributed by atoms with Crippen LogP contribution in [0.4, 0.5) is 5.69 Å². The van der Waals surface area contributed by atoms with Gasteiger partial charge >= 0.3 is 12.0 Å². The van der Waals surface area contributed by atoms with Gasteiger partial charge in [0.15, 0.2) is 0 Å². The van der Waals surface area contributed by atoms with Gasteiger partial charge in [0.2, 0.25) is 5.28 Å². The van der Waals surface area contributed by atoms with Crippen molar-refractivity contribution in [3.63, 3.8) is 0 Å². The fourth-order valence-corrected chi connectivity index (χ4v) is 1.48. The summed E-state index contributed by atoms with van der Waals surface area (Å²) < 4.78 is 10.4. The predicted molar refractivity (Wildman–Crippen MR) is 67.1 cm³/mol. The normalized spacial score (nSPS) is 10.2. The van der Waals surface area contributed by atoms with Gasteiger partial charge in [-0.1, -0.05) is 0 Å². The molecule has 1 aromatic carbocycles. The molecule has 1 heterocycles. The number of ether oxygens (including phenoxy) is 2. The van der Waals surface area contributed by atoms with Crippen molar-refractivity contribution in [2.75, 3.05) is 12.8 Å². The fourth-order valence-electron chi connectivity index (χ4n) is 1.34. The van der Waals surface area contributed by atoms with E-state index >= 15 is 0 Å². The van der Waals surface area contributed by atoms with E-state index in [1.807, 2.05) is 6.92 Å². The molecule has 0 atom stereocenters. The standard InChI is InChI=1S/C11H11ClN4O2/c1-6-5-7(13)3-4-8(6)18-11-15-9(12)14-10(16-11)17-2/h3-5H,13H2,1-2H3. The zero-order valence-electron chi connectivity index (χ0n) is 9.85. The highest BCUT2D eigenvalue weighted by atomic mass is 35.5. The zero-order valence-corrected chi connectivity index (χ0v) is 10.6. The van der Waals surface area contributed by atoms with Gasteiger partial charge in [0.1, 0.15) is 5.75 Å². The first-order chi connectivity index (χ1) is 8.58. The maximum Gasteiger partial charge on any atom is 0.329 e. The van der Waals surface area contributed by atoms with Crippen LogP contribution in [0.5, 0.6) is 17.8 Å². The largest absolute Gasteiger partial charge is 0.467 e. The third kappa shape index (κ3) is 2.78. The lowest BCUT2D eigenvalue weighted by Gasteiger charge is -2.08. The molecule has 1 aromatic heterocycles. The predicted octanol–water partition coefficient (Wildman–Crippen LogP) is 2.22. The van der Waals surface area contributed by atoms with Gasteiger partial charge < -0.3 is 15.2 Å². The number of rotatable bonds is 3. The third-order valence-corrected chi connectivity index (χ3v) is 2.32. The highest BCUT2D eigenvalue weighted by Gasteiger charge is 2.09. The first-order valence-corrected chi connectivity index (χ1v) is 5.46. The number of nitrogens with zero attached hydrogens (tertiary/aromatic N) is 3. The van der Waals surface area contributed by atoms with Gasteiger partial charge in [-0.3, -0.25) is 0 Å². The van der Waals surface area contributed by atoms with Crippen LogP contribution in [0, 0.1) is 6.92 Å². The average Bonchev–Trinajstić information content (AvgIpc) is 2.32. The molecule has 0 aliphatic carbocycles. The van der Waals surface area contributed by atoms with E-state index < -0.39 is 0 Å². The number of aromatic nitrogens is 3. The quantitative estimate of drug-likeness (QED) is 0.858. The monoisotopic (exact) mass is 266 g/mol. The Kier molecular flexibility index (Phi) is 3.47. The van der Waals surface area contributed by atoms with Crippen LogP contribution in [-0.4, -0.2) is 22.1 Å². The molecule has 0 fully saturated rings. The van der Waals surface area contributed by atoms with Gasteiger partial charge in [0.25, 0.3) is 0 Å². The number of halogens is 1. The highest BCUT2D eigenvalue weighted by Crippen LogP contribution is 2.25. The van der Waals surface area contributed by atoms with Crippen molar-refractivity contribution in [1.29, 1.82) is 0 Å². The van der Waals surface area contributed by atoms with Crippen molar-refractivity contribution in [3.8, 4) is 17.8 Å². The summed E-state index contributed by atoms with van der Waals surface area (Å²) >= 11 is 5.72. The van der Waals surface area contributed by atoms with Crippen LogP contribution in [0.15, 0.2) is 18.2 Å². The van der Waals surface area contributed by atoms with Crippen LogP contribution in [-0.2, 0) is 0 Å². The molecule has 0 amide bonds. The van der Waals surface area contributed by atoms with Crippen LogP contribution >= 0.6 is 11.6 Å². The molecular weight excluding hydrogens is 256 g/mol. The summed E-state index contributed by atoms with van der Waals surface area (Å²) in [6.45, 7) is 1.87. The Morgan fingerprint density at radius 1 is 1.17 bits per heavy atom. The number of hydrogen-bond donors (Lipinski definition) is 1. The third-order valence-electron chi connectivity index (χ3n) is 2.15. The van der Waals surface area contributed by atoms with Crippen molar-refractivity contribution in [1.82, 2.24) is 15.0 Å². The highest BCUT2D eigenvalue weighted by molar-refractivity contribution is 6.28. The van der Waals surface area contributed by atoms with Crippen LogP contribution in [0.1, 0.15) is 5.56 Å². The van der Waals surface area contributed by atoms with E-state index in [-0.39, 0.29) is 17.3 Å². The fraction of sp³-hybridized carbons (Fsp3) is 0.182. The lowest BCUT2D eigenvalue weighted by atomic mass is 10.2. The number of nitrogens with two attached hydrogens (primary N) is 1. The molecule has 0 spiro atoms. The summed E-state index contributed by atoms with van der Waals surface area (Å²) in [6.07, 6.45) is 0. The summed E-state index contributed by atoms with van der Waals surface area (Å²) in [5.41, 5.74) is 7.18.